The van der Waals surface area contributed by atoms with Gasteiger partial charge < -0.3 is 35.5 Å². The van der Waals surface area contributed by atoms with Crippen LogP contribution >= 0.6 is 7.60 Å². The number of carboxylic acids is 1. The first-order valence-electron chi connectivity index (χ1n) is 10.7. The maximum absolute atomic E-state index is 12.7. The molecule has 2 aromatic heterocycles. The van der Waals surface area contributed by atoms with Gasteiger partial charge in [0.2, 0.25) is 5.91 Å². The Labute approximate surface area is 203 Å². The molecule has 36 heavy (non-hydrogen) atoms. The van der Waals surface area contributed by atoms with Crippen molar-refractivity contribution in [2.75, 3.05) is 6.16 Å². The largest absolute Gasteiger partial charge is 0.480 e. The number of rotatable bonds is 9. The molecule has 0 spiro atoms. The van der Waals surface area contributed by atoms with E-state index in [9.17, 15) is 24.1 Å². The molecular formula is C22H23N6O7P. The fourth-order valence-corrected chi connectivity index (χ4v) is 4.38. The number of aromatic amines is 1. The van der Waals surface area contributed by atoms with Crippen LogP contribution in [0.5, 0.6) is 0 Å². The van der Waals surface area contributed by atoms with Gasteiger partial charge in [-0.15, -0.1) is 0 Å². The molecule has 0 fully saturated rings. The quantitative estimate of drug-likeness (QED) is 0.175. The molecular weight excluding hydrogens is 491 g/mol. The smallest absolute Gasteiger partial charge is 0.326 e. The molecule has 0 bridgehead atoms. The lowest BCUT2D eigenvalue weighted by molar-refractivity contribution is -0.139. The number of hydrogen-bond acceptors (Lipinski definition) is 6. The number of aryl methyl sites for hydroxylation is 1. The number of H-pyrrole nitrogens is 1. The number of fused-ring (bicyclic) bond motifs is 2. The number of benzene rings is 2. The predicted molar refractivity (Wildman–Crippen MR) is 129 cm³/mol. The van der Waals surface area contributed by atoms with Crippen molar-refractivity contribution in [3.05, 3.63) is 59.2 Å². The van der Waals surface area contributed by atoms with Crippen molar-refractivity contribution in [1.29, 1.82) is 0 Å². The predicted octanol–water partition coefficient (Wildman–Crippen LogP) is 0.890. The van der Waals surface area contributed by atoms with Gasteiger partial charge in [-0.3, -0.25) is 14.2 Å². The summed E-state index contributed by atoms with van der Waals surface area (Å²) in [4.78, 5) is 65.8. The summed E-state index contributed by atoms with van der Waals surface area (Å²) < 4.78 is 12.9. The lowest BCUT2D eigenvalue weighted by Crippen LogP contribution is -2.41. The SMILES string of the molecule is Cn1c(Cc2nc3ccc(C(N)=O)cc3[nH]2)nc2ccc(C(=O)NC(CCP(=O)(O)O)C(=O)O)cc21. The number of amides is 2. The van der Waals surface area contributed by atoms with Crippen molar-refractivity contribution in [3.8, 4) is 0 Å². The van der Waals surface area contributed by atoms with E-state index in [1.54, 1.807) is 41.9 Å². The number of hydrogen-bond donors (Lipinski definition) is 6. The molecule has 4 rings (SSSR count). The molecule has 2 amide bonds. The topological polar surface area (TPSA) is 214 Å². The molecule has 0 saturated heterocycles. The van der Waals surface area contributed by atoms with Crippen molar-refractivity contribution in [1.82, 2.24) is 24.8 Å². The van der Waals surface area contributed by atoms with E-state index in [1.807, 2.05) is 0 Å². The average molecular weight is 514 g/mol. The monoisotopic (exact) mass is 514 g/mol. The first-order chi connectivity index (χ1) is 16.9. The Morgan fingerprint density at radius 1 is 1.11 bits per heavy atom. The second-order valence-corrected chi connectivity index (χ2v) is 10.1. The summed E-state index contributed by atoms with van der Waals surface area (Å²) in [6, 6.07) is 8.13. The molecule has 14 heteroatoms. The molecule has 2 aromatic carbocycles. The van der Waals surface area contributed by atoms with E-state index < -0.39 is 44.0 Å². The van der Waals surface area contributed by atoms with Crippen molar-refractivity contribution in [2.24, 2.45) is 12.8 Å². The van der Waals surface area contributed by atoms with Gasteiger partial charge in [-0.1, -0.05) is 0 Å². The molecule has 0 radical (unpaired) electrons. The Bertz CT molecular complexity index is 1550. The molecule has 7 N–H and O–H groups in total. The molecule has 0 saturated carbocycles. The van der Waals surface area contributed by atoms with Crippen LogP contribution < -0.4 is 11.1 Å². The summed E-state index contributed by atoms with van der Waals surface area (Å²) in [6.07, 6.45) is -0.751. The van der Waals surface area contributed by atoms with Crippen molar-refractivity contribution >= 4 is 47.4 Å². The van der Waals surface area contributed by atoms with Gasteiger partial charge >= 0.3 is 13.6 Å². The van der Waals surface area contributed by atoms with Gasteiger partial charge in [0.15, 0.2) is 0 Å². The van der Waals surface area contributed by atoms with E-state index in [-0.39, 0.29) is 5.56 Å². The van der Waals surface area contributed by atoms with Gasteiger partial charge in [0.1, 0.15) is 17.7 Å². The lowest BCUT2D eigenvalue weighted by atomic mass is 10.1. The molecule has 1 atom stereocenters. The van der Waals surface area contributed by atoms with Gasteiger partial charge in [-0.05, 0) is 42.8 Å². The standard InChI is InChI=1S/C22H23N6O7P/c1-28-17-9-12(21(30)27-15(22(31)32)6-7-36(33,34)35)3-5-14(17)26-19(28)10-18-24-13-4-2-11(20(23)29)8-16(13)25-18/h2-5,8-9,15H,6-7,10H2,1H3,(H2,23,29)(H,24,25)(H,27,30)(H,31,32)(H2,33,34,35). The average Bonchev–Trinajstić information content (AvgIpc) is 3.35. The molecule has 0 aliphatic rings. The van der Waals surface area contributed by atoms with E-state index in [2.05, 4.69) is 20.3 Å². The minimum atomic E-state index is -4.41. The molecule has 13 nitrogen and oxygen atoms in total. The second-order valence-electron chi connectivity index (χ2n) is 8.29. The fourth-order valence-electron chi connectivity index (χ4n) is 3.78. The third-order valence-corrected chi connectivity index (χ3v) is 6.53. The number of imidazole rings is 2. The minimum Gasteiger partial charge on any atom is -0.480 e. The van der Waals surface area contributed by atoms with Crippen LogP contribution in [0.25, 0.3) is 22.1 Å². The first-order valence-corrected chi connectivity index (χ1v) is 12.5. The number of aromatic nitrogens is 4. The Morgan fingerprint density at radius 2 is 1.81 bits per heavy atom. The highest BCUT2D eigenvalue weighted by atomic mass is 31.2. The summed E-state index contributed by atoms with van der Waals surface area (Å²) in [5.74, 6) is -1.38. The van der Waals surface area contributed by atoms with Gasteiger partial charge in [0.25, 0.3) is 5.91 Å². The van der Waals surface area contributed by atoms with Crippen molar-refractivity contribution in [2.45, 2.75) is 18.9 Å². The number of nitrogens with one attached hydrogen (secondary N) is 2. The van der Waals surface area contributed by atoms with Crippen LogP contribution in [0.2, 0.25) is 0 Å². The third-order valence-electron chi connectivity index (χ3n) is 5.69. The Kier molecular flexibility index (Phi) is 6.63. The fraction of sp³-hybridized carbons (Fsp3) is 0.227. The number of aliphatic carboxylic acids is 1. The van der Waals surface area contributed by atoms with Gasteiger partial charge in [0.05, 0.1) is 34.6 Å². The van der Waals surface area contributed by atoms with Crippen LogP contribution in [-0.4, -0.2) is 64.4 Å². The summed E-state index contributed by atoms with van der Waals surface area (Å²) in [5, 5.41) is 11.6. The van der Waals surface area contributed by atoms with Crippen molar-refractivity contribution < 1.29 is 33.8 Å². The van der Waals surface area contributed by atoms with E-state index in [4.69, 9.17) is 15.5 Å². The highest BCUT2D eigenvalue weighted by Crippen LogP contribution is 2.35. The summed E-state index contributed by atoms with van der Waals surface area (Å²) in [7, 11) is -2.65. The number of carbonyl (C=O) groups excluding carboxylic acids is 2. The van der Waals surface area contributed by atoms with E-state index >= 15 is 0 Å². The summed E-state index contributed by atoms with van der Waals surface area (Å²) in [5.41, 5.74) is 8.40. The Morgan fingerprint density at radius 3 is 2.47 bits per heavy atom. The van der Waals surface area contributed by atoms with Crippen LogP contribution in [0.15, 0.2) is 36.4 Å². The molecule has 4 aromatic rings. The van der Waals surface area contributed by atoms with E-state index in [0.29, 0.717) is 45.7 Å². The second kappa shape index (κ2) is 9.53. The number of nitrogens with zero attached hydrogens (tertiary/aromatic N) is 3. The van der Waals surface area contributed by atoms with Gasteiger partial charge in [0, 0.05) is 18.2 Å². The molecule has 1 unspecified atom stereocenters. The zero-order chi connectivity index (χ0) is 26.2. The third kappa shape index (κ3) is 5.43. The highest BCUT2D eigenvalue weighted by molar-refractivity contribution is 7.51. The van der Waals surface area contributed by atoms with Gasteiger partial charge in [-0.2, -0.15) is 0 Å². The highest BCUT2D eigenvalue weighted by Gasteiger charge is 2.25. The van der Waals surface area contributed by atoms with Crippen LogP contribution in [0.1, 0.15) is 38.8 Å². The molecule has 0 aliphatic heterocycles. The molecule has 2 heterocycles. The van der Waals surface area contributed by atoms with E-state index in [1.165, 1.54) is 6.07 Å². The maximum Gasteiger partial charge on any atom is 0.326 e. The molecule has 188 valence electrons. The first kappa shape index (κ1) is 25.0. The number of nitrogens with two attached hydrogens (primary N) is 1. The normalized spacial score (nSPS) is 12.6. The Balaban J connectivity index is 1.55. The van der Waals surface area contributed by atoms with Crippen LogP contribution in [-0.2, 0) is 22.8 Å². The number of primary amides is 1. The van der Waals surface area contributed by atoms with Crippen LogP contribution in [0.3, 0.4) is 0 Å². The number of carbonyl (C=O) groups is 3. The van der Waals surface area contributed by atoms with E-state index in [0.717, 1.165) is 0 Å². The zero-order valence-corrected chi connectivity index (χ0v) is 19.9. The molecule has 0 aliphatic carbocycles. The van der Waals surface area contributed by atoms with Crippen molar-refractivity contribution in [3.63, 3.8) is 0 Å². The summed E-state index contributed by atoms with van der Waals surface area (Å²) in [6.45, 7) is 0. The van der Waals surface area contributed by atoms with Crippen LogP contribution in [0, 0.1) is 0 Å². The Hall–Kier alpha value is -4.06. The lowest BCUT2D eigenvalue weighted by Gasteiger charge is -2.15. The van der Waals surface area contributed by atoms with Gasteiger partial charge in [-0.25, -0.2) is 14.8 Å². The maximum atomic E-state index is 12.7. The number of carboxylic acid groups (broad SMARTS) is 1. The zero-order valence-electron chi connectivity index (χ0n) is 19.0. The summed E-state index contributed by atoms with van der Waals surface area (Å²) >= 11 is 0. The van der Waals surface area contributed by atoms with Crippen LogP contribution in [0.4, 0.5) is 0 Å². The minimum absolute atomic E-state index is 0.169.